The summed E-state index contributed by atoms with van der Waals surface area (Å²) in [5, 5.41) is 25.1. The largest absolute Gasteiger partial charge is 0.469 e. The van der Waals surface area contributed by atoms with Crippen LogP contribution in [-0.2, 0) is 37.2 Å². The number of nitrogens with one attached hydrogen (secondary N) is 2. The molecule has 5 aliphatic rings. The molecule has 5 rings (SSSR count). The number of phosphoric ester groups is 2. The zero-order chi connectivity index (χ0) is 33.5. The molecular formula is C26H42N4O14P2. The number of amides is 2. The van der Waals surface area contributed by atoms with E-state index in [4.69, 9.17) is 29.0 Å². The molecule has 2 amide bonds. The van der Waals surface area contributed by atoms with Crippen molar-refractivity contribution in [3.05, 3.63) is 49.4 Å². The van der Waals surface area contributed by atoms with E-state index in [1.807, 2.05) is 0 Å². The Kier molecular flexibility index (Phi) is 11.9. The third-order valence-electron chi connectivity index (χ3n) is 7.88. The SMILES string of the molecule is C.C=C1NC(=O)C=CN1[C@@H]1C[C@H](COP(=O)(O)O)[C@@H](O)C1O.C=C1NC(=O)C=CN1[C@@H]1C[C@H](COP(=O)(O)O)[C@H]2OC(C)(C)OC12. The highest BCUT2D eigenvalue weighted by Crippen LogP contribution is 2.46. The molecule has 1 saturated heterocycles. The summed E-state index contributed by atoms with van der Waals surface area (Å²) in [5.74, 6) is -1.61. The summed E-state index contributed by atoms with van der Waals surface area (Å²) in [6, 6.07) is -0.763. The molecule has 0 aromatic carbocycles. The molecule has 3 fully saturated rings. The van der Waals surface area contributed by atoms with Gasteiger partial charge in [0.1, 0.15) is 23.8 Å². The van der Waals surface area contributed by atoms with Gasteiger partial charge in [0.05, 0.1) is 37.5 Å². The molecule has 8 N–H and O–H groups in total. The third-order valence-corrected chi connectivity index (χ3v) is 8.85. The Balaban J connectivity index is 0.000000247. The zero-order valence-electron chi connectivity index (χ0n) is 24.4. The summed E-state index contributed by atoms with van der Waals surface area (Å²) >= 11 is 0. The molecule has 8 atom stereocenters. The van der Waals surface area contributed by atoms with Crippen molar-refractivity contribution in [1.82, 2.24) is 20.4 Å². The van der Waals surface area contributed by atoms with Gasteiger partial charge >= 0.3 is 15.6 Å². The number of phosphoric acid groups is 2. The van der Waals surface area contributed by atoms with Crippen LogP contribution in [0.15, 0.2) is 49.4 Å². The number of fused-ring (bicyclic) bond motifs is 1. The topological polar surface area (TPSA) is 257 Å². The minimum atomic E-state index is -4.63. The molecule has 3 heterocycles. The monoisotopic (exact) mass is 696 g/mol. The van der Waals surface area contributed by atoms with Crippen LogP contribution in [0.5, 0.6) is 0 Å². The minimum absolute atomic E-state index is 0. The molecule has 0 bridgehead atoms. The average Bonchev–Trinajstić information content (AvgIpc) is 3.49. The summed E-state index contributed by atoms with van der Waals surface area (Å²) in [7, 11) is -9.19. The van der Waals surface area contributed by atoms with Crippen molar-refractivity contribution < 1.29 is 67.0 Å². The number of hydrogen-bond donors (Lipinski definition) is 8. The van der Waals surface area contributed by atoms with Gasteiger partial charge in [-0.2, -0.15) is 0 Å². The van der Waals surface area contributed by atoms with Crippen molar-refractivity contribution in [3.63, 3.8) is 0 Å². The van der Waals surface area contributed by atoms with E-state index >= 15 is 0 Å². The lowest BCUT2D eigenvalue weighted by atomic mass is 10.1. The zero-order valence-corrected chi connectivity index (χ0v) is 26.2. The summed E-state index contributed by atoms with van der Waals surface area (Å²) in [6.45, 7) is 10.5. The van der Waals surface area contributed by atoms with Gasteiger partial charge in [-0.05, 0) is 26.7 Å². The van der Waals surface area contributed by atoms with Crippen LogP contribution >= 0.6 is 15.6 Å². The standard InChI is InChI=1S/C14H21N2O7P.C11H17N2O7P.CH4/c1-8-15-11(17)4-5-16(8)10-6-9(7-21-24(18,19)20)12-13(10)23-14(2,3)22-12;1-6-12-9(14)2-3-13(6)8-4-7(10(15)11(8)16)5-20-21(17,18)19;/h4-5,9-10,12-13H,1,6-7H2,2-3H3,(H,15,17)(H2,18,19,20);2-3,7-8,10-11,15-16H,1,4-5H2,(H,12,14)(H2,17,18,19);1H4/t9-,10-,12-,13?;7-,8-,10-,11?;/m11./s1. The van der Waals surface area contributed by atoms with Gasteiger partial charge in [-0.1, -0.05) is 20.6 Å². The van der Waals surface area contributed by atoms with Crippen molar-refractivity contribution >= 4 is 27.5 Å². The smallest absolute Gasteiger partial charge is 0.390 e. The Hall–Kier alpha value is -2.44. The Bertz CT molecular complexity index is 1350. The Morgan fingerprint density at radius 2 is 1.26 bits per heavy atom. The summed E-state index contributed by atoms with van der Waals surface area (Å²) in [6.07, 6.45) is 3.41. The fourth-order valence-electron chi connectivity index (χ4n) is 6.01. The number of ether oxygens (including phenoxy) is 2. The van der Waals surface area contributed by atoms with Gasteiger partial charge in [0.15, 0.2) is 5.79 Å². The fraction of sp³-hybridized carbons (Fsp3) is 0.615. The number of aliphatic hydroxyl groups is 2. The van der Waals surface area contributed by atoms with Crippen LogP contribution in [-0.4, -0.2) is 107 Å². The van der Waals surface area contributed by atoms with Crippen molar-refractivity contribution in [2.45, 2.75) is 76.4 Å². The van der Waals surface area contributed by atoms with Gasteiger partial charge in [0.2, 0.25) is 0 Å². The number of rotatable bonds is 8. The lowest BCUT2D eigenvalue weighted by molar-refractivity contribution is -0.162. The van der Waals surface area contributed by atoms with Gasteiger partial charge in [0.25, 0.3) is 11.8 Å². The van der Waals surface area contributed by atoms with Crippen molar-refractivity contribution in [2.24, 2.45) is 11.8 Å². The van der Waals surface area contributed by atoms with Gasteiger partial charge in [-0.3, -0.25) is 18.6 Å². The highest BCUT2D eigenvalue weighted by molar-refractivity contribution is 7.46. The van der Waals surface area contributed by atoms with E-state index in [-0.39, 0.29) is 68.9 Å². The van der Waals surface area contributed by atoms with Crippen LogP contribution in [0, 0.1) is 11.8 Å². The van der Waals surface area contributed by atoms with E-state index < -0.39 is 45.6 Å². The maximum atomic E-state index is 11.4. The van der Waals surface area contributed by atoms with E-state index in [1.54, 1.807) is 24.9 Å². The number of nitrogens with zero attached hydrogens (tertiary/aromatic N) is 2. The normalized spacial score (nSPS) is 33.7. The first kappa shape index (κ1) is 38.0. The average molecular weight is 697 g/mol. The van der Waals surface area contributed by atoms with Crippen LogP contribution in [0.1, 0.15) is 34.1 Å². The van der Waals surface area contributed by atoms with Crippen molar-refractivity contribution in [1.29, 1.82) is 0 Å². The lowest BCUT2D eigenvalue weighted by Gasteiger charge is -2.34. The van der Waals surface area contributed by atoms with E-state index in [2.05, 4.69) is 32.8 Å². The number of carbonyl (C=O) groups is 2. The first-order valence-corrected chi connectivity index (χ1v) is 16.9. The molecule has 2 saturated carbocycles. The van der Waals surface area contributed by atoms with E-state index in [0.717, 1.165) is 0 Å². The third kappa shape index (κ3) is 9.34. The number of carbonyl (C=O) groups excluding carboxylic acids is 2. The Labute approximate surface area is 265 Å². The van der Waals surface area contributed by atoms with Gasteiger partial charge in [-0.25, -0.2) is 9.13 Å². The first-order chi connectivity index (χ1) is 20.7. The summed E-state index contributed by atoms with van der Waals surface area (Å²) in [5.41, 5.74) is 0. The minimum Gasteiger partial charge on any atom is -0.390 e. The molecule has 0 aromatic heterocycles. The lowest BCUT2D eigenvalue weighted by Crippen LogP contribution is -2.45. The molecular weight excluding hydrogens is 654 g/mol. The highest BCUT2D eigenvalue weighted by Gasteiger charge is 2.56. The van der Waals surface area contributed by atoms with Crippen LogP contribution in [0.25, 0.3) is 0 Å². The molecule has 0 aromatic rings. The molecule has 0 spiro atoms. The second-order valence-electron chi connectivity index (χ2n) is 11.6. The summed E-state index contributed by atoms with van der Waals surface area (Å²) < 4.78 is 42.6. The summed E-state index contributed by atoms with van der Waals surface area (Å²) in [4.78, 5) is 61.1. The van der Waals surface area contributed by atoms with Crippen LogP contribution < -0.4 is 10.6 Å². The van der Waals surface area contributed by atoms with Gasteiger partial charge < -0.3 is 59.7 Å². The Morgan fingerprint density at radius 1 is 0.826 bits per heavy atom. The van der Waals surface area contributed by atoms with Crippen LogP contribution in [0.2, 0.25) is 0 Å². The maximum absolute atomic E-state index is 11.4. The molecule has 46 heavy (non-hydrogen) atoms. The van der Waals surface area contributed by atoms with E-state index in [9.17, 15) is 28.9 Å². The molecule has 0 radical (unpaired) electrons. The molecule has 2 aliphatic carbocycles. The van der Waals surface area contributed by atoms with Crippen molar-refractivity contribution in [2.75, 3.05) is 13.2 Å². The number of aliphatic hydroxyl groups excluding tert-OH is 2. The molecule has 3 aliphatic heterocycles. The van der Waals surface area contributed by atoms with Gasteiger partial charge in [-0.15, -0.1) is 0 Å². The highest BCUT2D eigenvalue weighted by atomic mass is 31.2. The molecule has 20 heteroatoms. The van der Waals surface area contributed by atoms with E-state index in [1.165, 1.54) is 23.3 Å². The fourth-order valence-corrected chi connectivity index (χ4v) is 6.78. The van der Waals surface area contributed by atoms with Crippen LogP contribution in [0.3, 0.4) is 0 Å². The van der Waals surface area contributed by atoms with Crippen LogP contribution in [0.4, 0.5) is 0 Å². The second-order valence-corrected chi connectivity index (χ2v) is 14.0. The maximum Gasteiger partial charge on any atom is 0.469 e. The number of hydrogen-bond acceptors (Lipinski definition) is 12. The quantitative estimate of drug-likeness (QED) is 0.151. The molecule has 2 unspecified atom stereocenters. The predicted molar refractivity (Wildman–Crippen MR) is 159 cm³/mol. The molecule has 260 valence electrons. The second kappa shape index (κ2) is 14.4. The van der Waals surface area contributed by atoms with Gasteiger partial charge in [0, 0.05) is 36.4 Å². The first-order valence-electron chi connectivity index (χ1n) is 13.8. The Morgan fingerprint density at radius 3 is 1.74 bits per heavy atom. The predicted octanol–water partition coefficient (Wildman–Crippen LogP) is -0.320. The molecule has 18 nitrogen and oxygen atoms in total. The van der Waals surface area contributed by atoms with E-state index in [0.29, 0.717) is 12.2 Å². The van der Waals surface area contributed by atoms with Crippen molar-refractivity contribution in [3.8, 4) is 0 Å².